The Hall–Kier alpha value is -1.44. The van der Waals surface area contributed by atoms with Crippen molar-refractivity contribution in [3.63, 3.8) is 0 Å². The average Bonchev–Trinajstić information content (AvgIpc) is 2.92. The van der Waals surface area contributed by atoms with Crippen molar-refractivity contribution in [3.05, 3.63) is 11.8 Å². The molecule has 0 aromatic carbocycles. The maximum absolute atomic E-state index is 12.5. The standard InChI is InChI=1S/C16H28N4O3/c1-5-14(16(21)17-15-10-13(3)23-18-15)20-7-6-19(8-9-22-4)12(2)11-20/h10,12,14H,5-9,11H2,1-4H3,(H,17,18,21). The summed E-state index contributed by atoms with van der Waals surface area (Å²) < 4.78 is 10.2. The predicted molar refractivity (Wildman–Crippen MR) is 88.4 cm³/mol. The van der Waals surface area contributed by atoms with E-state index < -0.39 is 0 Å². The van der Waals surface area contributed by atoms with Gasteiger partial charge in [-0.1, -0.05) is 12.1 Å². The van der Waals surface area contributed by atoms with Crippen LogP contribution in [-0.4, -0.2) is 72.8 Å². The molecule has 2 rings (SSSR count). The van der Waals surface area contributed by atoms with E-state index in [0.717, 1.165) is 39.2 Å². The molecule has 0 spiro atoms. The first-order valence-electron chi connectivity index (χ1n) is 8.26. The van der Waals surface area contributed by atoms with Crippen LogP contribution in [0.5, 0.6) is 0 Å². The van der Waals surface area contributed by atoms with E-state index in [0.29, 0.717) is 17.6 Å². The number of hydrogen-bond acceptors (Lipinski definition) is 6. The number of anilines is 1. The number of nitrogens with zero attached hydrogens (tertiary/aromatic N) is 3. The van der Waals surface area contributed by atoms with E-state index in [1.807, 2.05) is 6.92 Å². The Morgan fingerprint density at radius 3 is 2.91 bits per heavy atom. The summed E-state index contributed by atoms with van der Waals surface area (Å²) in [5, 5.41) is 6.68. The fourth-order valence-corrected chi connectivity index (χ4v) is 3.09. The normalized spacial score (nSPS) is 21.3. The van der Waals surface area contributed by atoms with Gasteiger partial charge in [-0.15, -0.1) is 0 Å². The van der Waals surface area contributed by atoms with Gasteiger partial charge in [-0.25, -0.2) is 0 Å². The van der Waals surface area contributed by atoms with E-state index in [9.17, 15) is 4.79 Å². The van der Waals surface area contributed by atoms with E-state index in [4.69, 9.17) is 9.26 Å². The summed E-state index contributed by atoms with van der Waals surface area (Å²) in [6.07, 6.45) is 0.771. The number of nitrogens with one attached hydrogen (secondary N) is 1. The number of amides is 1. The molecule has 7 heteroatoms. The lowest BCUT2D eigenvalue weighted by molar-refractivity contribution is -0.122. The molecule has 7 nitrogen and oxygen atoms in total. The lowest BCUT2D eigenvalue weighted by Gasteiger charge is -2.42. The third kappa shape index (κ3) is 4.76. The molecule has 0 saturated carbocycles. The predicted octanol–water partition coefficient (Wildman–Crippen LogP) is 1.35. The Labute approximate surface area is 137 Å². The molecule has 2 unspecified atom stereocenters. The molecule has 1 N–H and O–H groups in total. The number of hydrogen-bond donors (Lipinski definition) is 1. The Morgan fingerprint density at radius 1 is 1.57 bits per heavy atom. The zero-order valence-electron chi connectivity index (χ0n) is 14.5. The van der Waals surface area contributed by atoms with Crippen LogP contribution in [0.15, 0.2) is 10.6 Å². The molecule has 1 aromatic heterocycles. The van der Waals surface area contributed by atoms with E-state index >= 15 is 0 Å². The molecule has 1 aliphatic heterocycles. The summed E-state index contributed by atoms with van der Waals surface area (Å²) in [7, 11) is 1.73. The minimum atomic E-state index is -0.140. The van der Waals surface area contributed by atoms with E-state index in [1.54, 1.807) is 20.1 Å². The number of ether oxygens (including phenoxy) is 1. The summed E-state index contributed by atoms with van der Waals surface area (Å²) in [6, 6.07) is 2.00. The maximum atomic E-state index is 12.5. The van der Waals surface area contributed by atoms with Crippen molar-refractivity contribution in [1.29, 1.82) is 0 Å². The number of rotatable bonds is 7. The van der Waals surface area contributed by atoms with Gasteiger partial charge in [-0.3, -0.25) is 14.6 Å². The topological polar surface area (TPSA) is 70.8 Å². The first-order valence-corrected chi connectivity index (χ1v) is 8.26. The van der Waals surface area contributed by atoms with Gasteiger partial charge in [0, 0.05) is 45.4 Å². The number of carbonyl (C=O) groups is 1. The Kier molecular flexibility index (Phi) is 6.56. The summed E-state index contributed by atoms with van der Waals surface area (Å²) in [4.78, 5) is 17.2. The van der Waals surface area contributed by atoms with Crippen molar-refractivity contribution in [2.75, 3.05) is 45.2 Å². The lowest BCUT2D eigenvalue weighted by atomic mass is 10.1. The van der Waals surface area contributed by atoms with Crippen molar-refractivity contribution in [2.24, 2.45) is 0 Å². The monoisotopic (exact) mass is 324 g/mol. The molecule has 1 saturated heterocycles. The molecule has 0 bridgehead atoms. The zero-order valence-corrected chi connectivity index (χ0v) is 14.5. The minimum absolute atomic E-state index is 0.0154. The van der Waals surface area contributed by atoms with Crippen molar-refractivity contribution in [1.82, 2.24) is 15.0 Å². The number of aromatic nitrogens is 1. The second kappa shape index (κ2) is 8.42. The van der Waals surface area contributed by atoms with Gasteiger partial charge in [0.05, 0.1) is 12.6 Å². The van der Waals surface area contributed by atoms with E-state index in [2.05, 4.69) is 27.2 Å². The van der Waals surface area contributed by atoms with Crippen LogP contribution in [0.3, 0.4) is 0 Å². The van der Waals surface area contributed by atoms with Crippen molar-refractivity contribution in [2.45, 2.75) is 39.3 Å². The molecular formula is C16H28N4O3. The second-order valence-electron chi connectivity index (χ2n) is 6.11. The molecule has 1 aromatic rings. The van der Waals surface area contributed by atoms with Crippen LogP contribution >= 0.6 is 0 Å². The van der Waals surface area contributed by atoms with Crippen LogP contribution in [0.4, 0.5) is 5.82 Å². The highest BCUT2D eigenvalue weighted by molar-refractivity contribution is 5.94. The minimum Gasteiger partial charge on any atom is -0.383 e. The van der Waals surface area contributed by atoms with Gasteiger partial charge < -0.3 is 14.6 Å². The highest BCUT2D eigenvalue weighted by atomic mass is 16.5. The fourth-order valence-electron chi connectivity index (χ4n) is 3.09. The lowest BCUT2D eigenvalue weighted by Crippen LogP contribution is -2.57. The van der Waals surface area contributed by atoms with Gasteiger partial charge in [-0.2, -0.15) is 0 Å². The van der Waals surface area contributed by atoms with Gasteiger partial charge in [-0.05, 0) is 20.3 Å². The summed E-state index contributed by atoms with van der Waals surface area (Å²) in [5.74, 6) is 1.16. The quantitative estimate of drug-likeness (QED) is 0.816. The fraction of sp³-hybridized carbons (Fsp3) is 0.750. The molecule has 130 valence electrons. The summed E-state index contributed by atoms with van der Waals surface area (Å²) >= 11 is 0. The van der Waals surface area contributed by atoms with Gasteiger partial charge in [0.25, 0.3) is 0 Å². The number of methoxy groups -OCH3 is 1. The molecule has 0 aliphatic carbocycles. The summed E-state index contributed by atoms with van der Waals surface area (Å²) in [5.41, 5.74) is 0. The van der Waals surface area contributed by atoms with Crippen molar-refractivity contribution >= 4 is 11.7 Å². The molecule has 23 heavy (non-hydrogen) atoms. The molecule has 0 radical (unpaired) electrons. The Morgan fingerprint density at radius 2 is 2.35 bits per heavy atom. The number of aryl methyl sites for hydroxylation is 1. The average molecular weight is 324 g/mol. The highest BCUT2D eigenvalue weighted by Gasteiger charge is 2.31. The second-order valence-corrected chi connectivity index (χ2v) is 6.11. The van der Waals surface area contributed by atoms with Gasteiger partial charge in [0.15, 0.2) is 5.82 Å². The number of carbonyl (C=O) groups excluding carboxylic acids is 1. The van der Waals surface area contributed by atoms with Crippen LogP contribution < -0.4 is 5.32 Å². The Bertz CT molecular complexity index is 505. The van der Waals surface area contributed by atoms with Crippen LogP contribution in [0.2, 0.25) is 0 Å². The molecule has 2 atom stereocenters. The highest BCUT2D eigenvalue weighted by Crippen LogP contribution is 2.16. The molecular weight excluding hydrogens is 296 g/mol. The van der Waals surface area contributed by atoms with E-state index in [1.165, 1.54) is 0 Å². The molecule has 1 fully saturated rings. The van der Waals surface area contributed by atoms with Gasteiger partial charge in [0.2, 0.25) is 5.91 Å². The zero-order chi connectivity index (χ0) is 16.8. The Balaban J connectivity index is 1.91. The maximum Gasteiger partial charge on any atom is 0.242 e. The van der Waals surface area contributed by atoms with Crippen molar-refractivity contribution < 1.29 is 14.1 Å². The van der Waals surface area contributed by atoms with Gasteiger partial charge >= 0.3 is 0 Å². The van der Waals surface area contributed by atoms with Crippen LogP contribution in [0.25, 0.3) is 0 Å². The number of piperazine rings is 1. The third-order valence-corrected chi connectivity index (χ3v) is 4.39. The van der Waals surface area contributed by atoms with Crippen LogP contribution in [0.1, 0.15) is 26.0 Å². The SMILES string of the molecule is CCC(C(=O)Nc1cc(C)on1)N1CCN(CCOC)C(C)C1. The van der Waals surface area contributed by atoms with Crippen LogP contribution in [0, 0.1) is 6.92 Å². The van der Waals surface area contributed by atoms with Crippen LogP contribution in [-0.2, 0) is 9.53 Å². The first kappa shape index (κ1) is 17.9. The smallest absolute Gasteiger partial charge is 0.242 e. The van der Waals surface area contributed by atoms with Gasteiger partial charge in [0.1, 0.15) is 5.76 Å². The first-order chi connectivity index (χ1) is 11.0. The summed E-state index contributed by atoms with van der Waals surface area (Å²) in [6.45, 7) is 10.5. The molecule has 1 amide bonds. The molecule has 2 heterocycles. The molecule has 1 aliphatic rings. The third-order valence-electron chi connectivity index (χ3n) is 4.39. The van der Waals surface area contributed by atoms with Crippen molar-refractivity contribution in [3.8, 4) is 0 Å². The largest absolute Gasteiger partial charge is 0.383 e. The van der Waals surface area contributed by atoms with E-state index in [-0.39, 0.29) is 11.9 Å².